The fraction of sp³-hybridized carbons (Fsp3) is 1.00. The Morgan fingerprint density at radius 2 is 1.33 bits per heavy atom. The SMILES string of the molecule is CC(C)C(C)Br. The van der Waals surface area contributed by atoms with E-state index in [0.717, 1.165) is 5.92 Å². The largest absolute Gasteiger partial charge is 0.0891 e. The molecule has 0 spiro atoms. The summed E-state index contributed by atoms with van der Waals surface area (Å²) in [6.45, 7) is 6.55. The van der Waals surface area contributed by atoms with Gasteiger partial charge in [0.15, 0.2) is 0 Å². The molecule has 0 aliphatic carbocycles. The maximum absolute atomic E-state index is 3.44. The van der Waals surface area contributed by atoms with Crippen LogP contribution in [0.5, 0.6) is 0 Å². The van der Waals surface area contributed by atoms with Crippen LogP contribution in [-0.2, 0) is 0 Å². The molecule has 6 heavy (non-hydrogen) atoms. The van der Waals surface area contributed by atoms with Crippen LogP contribution in [0.15, 0.2) is 0 Å². The quantitative estimate of drug-likeness (QED) is 0.505. The predicted octanol–water partition coefficient (Wildman–Crippen LogP) is 2.43. The first kappa shape index (κ1) is 6.48. The molecule has 1 atom stereocenters. The van der Waals surface area contributed by atoms with E-state index in [1.54, 1.807) is 0 Å². The van der Waals surface area contributed by atoms with Crippen LogP contribution in [0.4, 0.5) is 0 Å². The maximum atomic E-state index is 3.44. The molecule has 0 aliphatic rings. The molecule has 0 aromatic heterocycles. The Bertz CT molecular complexity index is 24.9. The topological polar surface area (TPSA) is 0 Å². The highest BCUT2D eigenvalue weighted by Gasteiger charge is 1.97. The zero-order valence-corrected chi connectivity index (χ0v) is 6.12. The van der Waals surface area contributed by atoms with Crippen LogP contribution in [0.2, 0.25) is 0 Å². The lowest BCUT2D eigenvalue weighted by atomic mass is 10.2. The second kappa shape index (κ2) is 2.62. The molecule has 0 saturated carbocycles. The first-order valence-corrected chi connectivity index (χ1v) is 3.20. The summed E-state index contributed by atoms with van der Waals surface area (Å²) < 4.78 is 0. The van der Waals surface area contributed by atoms with Gasteiger partial charge in [-0.05, 0) is 5.92 Å². The molecule has 0 heterocycles. The summed E-state index contributed by atoms with van der Waals surface area (Å²) in [6.07, 6.45) is 0. The minimum absolute atomic E-state index is 0.664. The van der Waals surface area contributed by atoms with Crippen LogP contribution < -0.4 is 0 Å². The molecule has 0 aromatic rings. The van der Waals surface area contributed by atoms with Crippen molar-refractivity contribution < 1.29 is 0 Å². The molecule has 0 amide bonds. The Balaban J connectivity index is 2.99. The number of hydrogen-bond donors (Lipinski definition) is 0. The average molecular weight is 151 g/mol. The molecule has 38 valence electrons. The zero-order valence-electron chi connectivity index (χ0n) is 4.53. The lowest BCUT2D eigenvalue weighted by Gasteiger charge is -2.03. The van der Waals surface area contributed by atoms with Gasteiger partial charge >= 0.3 is 0 Å². The second-order valence-corrected chi connectivity index (χ2v) is 3.37. The van der Waals surface area contributed by atoms with E-state index < -0.39 is 0 Å². The first-order valence-electron chi connectivity index (χ1n) is 2.28. The predicted molar refractivity (Wildman–Crippen MR) is 33.2 cm³/mol. The van der Waals surface area contributed by atoms with E-state index >= 15 is 0 Å². The number of alkyl halides is 1. The average Bonchev–Trinajstić information content (AvgIpc) is 1.36. The van der Waals surface area contributed by atoms with Crippen molar-refractivity contribution in [2.24, 2.45) is 5.92 Å². The van der Waals surface area contributed by atoms with Crippen molar-refractivity contribution >= 4 is 15.9 Å². The van der Waals surface area contributed by atoms with E-state index in [-0.39, 0.29) is 0 Å². The van der Waals surface area contributed by atoms with Gasteiger partial charge in [-0.15, -0.1) is 0 Å². The van der Waals surface area contributed by atoms with Crippen molar-refractivity contribution in [3.63, 3.8) is 0 Å². The summed E-state index contributed by atoms with van der Waals surface area (Å²) in [4.78, 5) is 0.664. The van der Waals surface area contributed by atoms with E-state index in [1.165, 1.54) is 0 Å². The summed E-state index contributed by atoms with van der Waals surface area (Å²) in [6, 6.07) is 0. The summed E-state index contributed by atoms with van der Waals surface area (Å²) in [5, 5.41) is 0. The highest BCUT2D eigenvalue weighted by atomic mass is 79.9. The minimum Gasteiger partial charge on any atom is -0.0891 e. The van der Waals surface area contributed by atoms with Crippen LogP contribution in [0.25, 0.3) is 0 Å². The van der Waals surface area contributed by atoms with Crippen molar-refractivity contribution in [2.45, 2.75) is 25.6 Å². The van der Waals surface area contributed by atoms with Gasteiger partial charge in [0.25, 0.3) is 0 Å². The molecular weight excluding hydrogens is 140 g/mol. The Hall–Kier alpha value is 0.480. The van der Waals surface area contributed by atoms with Crippen LogP contribution in [0, 0.1) is 5.92 Å². The fourth-order valence-corrected chi connectivity index (χ4v) is 0. The number of hydrogen-bond acceptors (Lipinski definition) is 0. The number of halogens is 1. The monoisotopic (exact) mass is 150 g/mol. The molecule has 0 N–H and O–H groups in total. The van der Waals surface area contributed by atoms with Gasteiger partial charge in [-0.3, -0.25) is 0 Å². The standard InChI is InChI=1S/C5H11Br/c1-4(2)5(3)6/h4-5H,1-3H3. The molecule has 1 unspecified atom stereocenters. The molecular formula is C5H11Br. The van der Waals surface area contributed by atoms with Gasteiger partial charge < -0.3 is 0 Å². The Kier molecular flexibility index (Phi) is 2.83. The highest BCUT2D eigenvalue weighted by Crippen LogP contribution is 2.08. The molecule has 0 bridgehead atoms. The third-order valence-corrected chi connectivity index (χ3v) is 1.98. The maximum Gasteiger partial charge on any atom is 0.0140 e. The molecule has 0 aromatic carbocycles. The Morgan fingerprint density at radius 3 is 1.33 bits per heavy atom. The van der Waals surface area contributed by atoms with Crippen molar-refractivity contribution in [3.05, 3.63) is 0 Å². The summed E-state index contributed by atoms with van der Waals surface area (Å²) in [7, 11) is 0. The van der Waals surface area contributed by atoms with Gasteiger partial charge in [-0.2, -0.15) is 0 Å². The summed E-state index contributed by atoms with van der Waals surface area (Å²) in [5.41, 5.74) is 0. The van der Waals surface area contributed by atoms with Gasteiger partial charge in [0.2, 0.25) is 0 Å². The minimum atomic E-state index is 0.664. The second-order valence-electron chi connectivity index (χ2n) is 1.92. The van der Waals surface area contributed by atoms with Gasteiger partial charge in [-0.25, -0.2) is 0 Å². The van der Waals surface area contributed by atoms with Crippen molar-refractivity contribution in [2.75, 3.05) is 0 Å². The van der Waals surface area contributed by atoms with E-state index in [2.05, 4.69) is 36.7 Å². The van der Waals surface area contributed by atoms with Crippen LogP contribution in [0.1, 0.15) is 20.8 Å². The van der Waals surface area contributed by atoms with E-state index in [0.29, 0.717) is 4.83 Å². The van der Waals surface area contributed by atoms with Crippen molar-refractivity contribution in [3.8, 4) is 0 Å². The molecule has 0 fully saturated rings. The van der Waals surface area contributed by atoms with Crippen LogP contribution >= 0.6 is 15.9 Å². The zero-order chi connectivity index (χ0) is 5.15. The molecule has 0 radical (unpaired) electrons. The Morgan fingerprint density at radius 1 is 1.17 bits per heavy atom. The highest BCUT2D eigenvalue weighted by molar-refractivity contribution is 9.09. The molecule has 0 saturated heterocycles. The summed E-state index contributed by atoms with van der Waals surface area (Å²) >= 11 is 3.44. The lowest BCUT2D eigenvalue weighted by molar-refractivity contribution is 0.651. The molecule has 0 rings (SSSR count). The molecule has 0 aliphatic heterocycles. The van der Waals surface area contributed by atoms with Crippen LogP contribution in [-0.4, -0.2) is 4.83 Å². The normalized spacial score (nSPS) is 15.5. The third-order valence-electron chi connectivity index (χ3n) is 0.919. The van der Waals surface area contributed by atoms with E-state index in [4.69, 9.17) is 0 Å². The molecule has 0 nitrogen and oxygen atoms in total. The Labute approximate surface area is 48.1 Å². The lowest BCUT2D eigenvalue weighted by Crippen LogP contribution is -1.98. The van der Waals surface area contributed by atoms with Gasteiger partial charge in [0, 0.05) is 4.83 Å². The van der Waals surface area contributed by atoms with E-state index in [1.807, 2.05) is 0 Å². The summed E-state index contributed by atoms with van der Waals surface area (Å²) in [5.74, 6) is 0.769. The van der Waals surface area contributed by atoms with Crippen LogP contribution in [0.3, 0.4) is 0 Å². The molecule has 1 heteroatoms. The number of rotatable bonds is 1. The van der Waals surface area contributed by atoms with E-state index in [9.17, 15) is 0 Å². The van der Waals surface area contributed by atoms with Gasteiger partial charge in [0.1, 0.15) is 0 Å². The fourth-order valence-electron chi connectivity index (χ4n) is 0. The van der Waals surface area contributed by atoms with Crippen molar-refractivity contribution in [1.29, 1.82) is 0 Å². The smallest absolute Gasteiger partial charge is 0.0140 e. The van der Waals surface area contributed by atoms with Crippen molar-refractivity contribution in [1.82, 2.24) is 0 Å². The van der Waals surface area contributed by atoms with Gasteiger partial charge in [-0.1, -0.05) is 36.7 Å². The first-order chi connectivity index (χ1) is 2.64. The third kappa shape index (κ3) is 2.70. The van der Waals surface area contributed by atoms with Gasteiger partial charge in [0.05, 0.1) is 0 Å².